The van der Waals surface area contributed by atoms with Gasteiger partial charge in [0.05, 0.1) is 17.0 Å². The van der Waals surface area contributed by atoms with Crippen molar-refractivity contribution in [2.24, 2.45) is 5.14 Å². The normalized spacial score (nSPS) is 10.9. The second-order valence-corrected chi connectivity index (χ2v) is 5.54. The lowest BCUT2D eigenvalue weighted by Gasteiger charge is -2.08. The van der Waals surface area contributed by atoms with Crippen LogP contribution in [0, 0.1) is 18.3 Å². The Morgan fingerprint density at radius 3 is 2.76 bits per heavy atom. The highest BCUT2D eigenvalue weighted by molar-refractivity contribution is 7.89. The summed E-state index contributed by atoms with van der Waals surface area (Å²) in [7, 11) is -3.41. The van der Waals surface area contributed by atoms with Crippen LogP contribution in [-0.2, 0) is 10.0 Å². The number of benzene rings is 1. The second kappa shape index (κ2) is 5.66. The average Bonchev–Trinajstić information content (AvgIpc) is 2.23. The summed E-state index contributed by atoms with van der Waals surface area (Å²) in [5.74, 6) is -0.0618. The lowest BCUT2D eigenvalue weighted by molar-refractivity contribution is 0.596. The van der Waals surface area contributed by atoms with Gasteiger partial charge in [0, 0.05) is 6.54 Å². The van der Waals surface area contributed by atoms with E-state index < -0.39 is 10.0 Å². The summed E-state index contributed by atoms with van der Waals surface area (Å²) in [4.78, 5) is 0. The van der Waals surface area contributed by atoms with Gasteiger partial charge in [-0.25, -0.2) is 13.6 Å². The maximum Gasteiger partial charge on any atom is 0.209 e. The number of nitrogens with zero attached hydrogens (tertiary/aromatic N) is 1. The Hall–Kier alpha value is -1.58. The van der Waals surface area contributed by atoms with E-state index in [0.29, 0.717) is 18.5 Å². The Balaban J connectivity index is 2.58. The molecule has 1 aromatic rings. The molecule has 0 fully saturated rings. The van der Waals surface area contributed by atoms with Gasteiger partial charge in [-0.15, -0.1) is 0 Å². The maximum absolute atomic E-state index is 10.7. The van der Waals surface area contributed by atoms with Crippen molar-refractivity contribution >= 4 is 15.7 Å². The van der Waals surface area contributed by atoms with Crippen molar-refractivity contribution in [1.82, 2.24) is 0 Å². The van der Waals surface area contributed by atoms with E-state index in [9.17, 15) is 8.42 Å². The lowest BCUT2D eigenvalue weighted by atomic mass is 10.1. The fourth-order valence-corrected chi connectivity index (χ4v) is 1.94. The molecule has 3 N–H and O–H groups in total. The van der Waals surface area contributed by atoms with Crippen molar-refractivity contribution in [2.45, 2.75) is 13.3 Å². The number of hydrogen-bond acceptors (Lipinski definition) is 4. The molecular weight excluding hydrogens is 238 g/mol. The summed E-state index contributed by atoms with van der Waals surface area (Å²) >= 11 is 0. The van der Waals surface area contributed by atoms with Gasteiger partial charge >= 0.3 is 0 Å². The van der Waals surface area contributed by atoms with Gasteiger partial charge in [-0.1, -0.05) is 6.07 Å². The molecule has 0 saturated carbocycles. The molecule has 0 amide bonds. The van der Waals surface area contributed by atoms with Crippen molar-refractivity contribution in [3.05, 3.63) is 29.3 Å². The first-order valence-electron chi connectivity index (χ1n) is 5.17. The molecule has 0 spiro atoms. The molecule has 92 valence electrons. The summed E-state index contributed by atoms with van der Waals surface area (Å²) in [6.45, 7) is 2.39. The summed E-state index contributed by atoms with van der Waals surface area (Å²) < 4.78 is 21.4. The number of anilines is 1. The molecule has 1 rings (SSSR count). The minimum Gasteiger partial charge on any atom is -0.384 e. The van der Waals surface area contributed by atoms with E-state index in [1.165, 1.54) is 0 Å². The molecule has 0 atom stereocenters. The molecule has 0 heterocycles. The average molecular weight is 253 g/mol. The lowest BCUT2D eigenvalue weighted by Crippen LogP contribution is -2.18. The Kier molecular flexibility index (Phi) is 4.49. The van der Waals surface area contributed by atoms with E-state index >= 15 is 0 Å². The number of primary sulfonamides is 1. The van der Waals surface area contributed by atoms with Crippen molar-refractivity contribution in [3.63, 3.8) is 0 Å². The van der Waals surface area contributed by atoms with Crippen molar-refractivity contribution in [1.29, 1.82) is 5.26 Å². The second-order valence-electron chi connectivity index (χ2n) is 3.81. The van der Waals surface area contributed by atoms with Crippen LogP contribution in [-0.4, -0.2) is 20.7 Å². The number of nitrogens with two attached hydrogens (primary N) is 1. The molecular formula is C11H15N3O2S. The number of rotatable bonds is 5. The van der Waals surface area contributed by atoms with Gasteiger partial charge in [0.15, 0.2) is 0 Å². The van der Waals surface area contributed by atoms with Gasteiger partial charge in [0.25, 0.3) is 0 Å². The Morgan fingerprint density at radius 1 is 1.47 bits per heavy atom. The fourth-order valence-electron chi connectivity index (χ4n) is 1.40. The molecule has 1 aromatic carbocycles. The van der Waals surface area contributed by atoms with E-state index in [1.54, 1.807) is 6.07 Å². The van der Waals surface area contributed by atoms with Crippen LogP contribution in [0.15, 0.2) is 18.2 Å². The van der Waals surface area contributed by atoms with E-state index in [-0.39, 0.29) is 5.75 Å². The van der Waals surface area contributed by atoms with Gasteiger partial charge in [-0.3, -0.25) is 0 Å². The Labute approximate surface area is 101 Å². The van der Waals surface area contributed by atoms with Crippen LogP contribution in [0.1, 0.15) is 17.5 Å². The zero-order valence-corrected chi connectivity index (χ0v) is 10.4. The summed E-state index contributed by atoms with van der Waals surface area (Å²) in [5.41, 5.74) is 2.31. The summed E-state index contributed by atoms with van der Waals surface area (Å²) in [5, 5.41) is 16.8. The minimum absolute atomic E-state index is 0.0618. The molecule has 0 unspecified atom stereocenters. The van der Waals surface area contributed by atoms with E-state index in [2.05, 4.69) is 11.4 Å². The van der Waals surface area contributed by atoms with Crippen molar-refractivity contribution < 1.29 is 8.42 Å². The third kappa shape index (κ3) is 4.85. The first-order valence-corrected chi connectivity index (χ1v) is 6.89. The fraction of sp³-hybridized carbons (Fsp3) is 0.364. The van der Waals surface area contributed by atoms with Crippen LogP contribution in [0.25, 0.3) is 0 Å². The predicted octanol–water partition coefficient (Wildman–Crippen LogP) is 0.957. The first kappa shape index (κ1) is 13.5. The SMILES string of the molecule is Cc1ccc(C#N)c(NCCCS(N)(=O)=O)c1. The van der Waals surface area contributed by atoms with Crippen molar-refractivity contribution in [3.8, 4) is 6.07 Å². The van der Waals surface area contributed by atoms with Crippen LogP contribution in [0.2, 0.25) is 0 Å². The van der Waals surface area contributed by atoms with Gasteiger partial charge in [-0.2, -0.15) is 5.26 Å². The zero-order chi connectivity index (χ0) is 12.9. The standard InChI is InChI=1S/C11H15N3O2S/c1-9-3-4-10(8-12)11(7-9)14-5-2-6-17(13,15)16/h3-4,7,14H,2,5-6H2,1H3,(H2,13,15,16). The molecule has 0 aliphatic heterocycles. The van der Waals surface area contributed by atoms with E-state index in [0.717, 1.165) is 11.3 Å². The van der Waals surface area contributed by atoms with Crippen LogP contribution in [0.4, 0.5) is 5.69 Å². The van der Waals surface area contributed by atoms with Gasteiger partial charge in [0.2, 0.25) is 10.0 Å². The molecule has 0 saturated heterocycles. The third-order valence-corrected chi connectivity index (χ3v) is 3.07. The molecule has 5 nitrogen and oxygen atoms in total. The van der Waals surface area contributed by atoms with E-state index in [4.69, 9.17) is 10.4 Å². The first-order chi connectivity index (χ1) is 7.92. The topological polar surface area (TPSA) is 96.0 Å². The smallest absolute Gasteiger partial charge is 0.209 e. The highest BCUT2D eigenvalue weighted by Crippen LogP contribution is 2.16. The number of nitriles is 1. The summed E-state index contributed by atoms with van der Waals surface area (Å²) in [6.07, 6.45) is 0.414. The molecule has 17 heavy (non-hydrogen) atoms. The highest BCUT2D eigenvalue weighted by Gasteiger charge is 2.04. The molecule has 0 aliphatic carbocycles. The van der Waals surface area contributed by atoms with Crippen LogP contribution in [0.5, 0.6) is 0 Å². The van der Waals surface area contributed by atoms with Crippen molar-refractivity contribution in [2.75, 3.05) is 17.6 Å². The molecule has 0 aliphatic rings. The molecule has 0 bridgehead atoms. The highest BCUT2D eigenvalue weighted by atomic mass is 32.2. The molecule has 0 aromatic heterocycles. The van der Waals surface area contributed by atoms with Crippen LogP contribution in [0.3, 0.4) is 0 Å². The molecule has 6 heteroatoms. The number of hydrogen-bond donors (Lipinski definition) is 2. The molecule has 0 radical (unpaired) electrons. The number of sulfonamides is 1. The van der Waals surface area contributed by atoms with Gasteiger partial charge in [-0.05, 0) is 31.0 Å². The Morgan fingerprint density at radius 2 is 2.18 bits per heavy atom. The maximum atomic E-state index is 10.7. The number of nitrogens with one attached hydrogen (secondary N) is 1. The quantitative estimate of drug-likeness (QED) is 0.764. The minimum atomic E-state index is -3.41. The Bertz CT molecular complexity index is 532. The zero-order valence-electron chi connectivity index (χ0n) is 9.60. The third-order valence-electron chi connectivity index (χ3n) is 2.22. The van der Waals surface area contributed by atoms with Crippen LogP contribution < -0.4 is 10.5 Å². The van der Waals surface area contributed by atoms with E-state index in [1.807, 2.05) is 19.1 Å². The van der Waals surface area contributed by atoms with Gasteiger partial charge < -0.3 is 5.32 Å². The van der Waals surface area contributed by atoms with Crippen LogP contribution >= 0.6 is 0 Å². The van der Waals surface area contributed by atoms with Gasteiger partial charge in [0.1, 0.15) is 6.07 Å². The predicted molar refractivity (Wildman–Crippen MR) is 67.0 cm³/mol. The monoisotopic (exact) mass is 253 g/mol. The largest absolute Gasteiger partial charge is 0.384 e. The number of aryl methyl sites for hydroxylation is 1. The summed E-state index contributed by atoms with van der Waals surface area (Å²) in [6, 6.07) is 7.52.